The average Bonchev–Trinajstić information content (AvgIpc) is 2.06. The molecule has 68 valence electrons. The van der Waals surface area contributed by atoms with Crippen molar-refractivity contribution in [3.8, 4) is 5.75 Å². The maximum absolute atomic E-state index is 10.6. The van der Waals surface area contributed by atoms with Crippen LogP contribution in [-0.4, -0.2) is 12.1 Å². The van der Waals surface area contributed by atoms with E-state index < -0.39 is 0 Å². The lowest BCUT2D eigenvalue weighted by Crippen LogP contribution is -2.51. The van der Waals surface area contributed by atoms with Crippen LogP contribution in [0.5, 0.6) is 5.75 Å². The number of para-hydroxylation sites is 1. The summed E-state index contributed by atoms with van der Waals surface area (Å²) >= 11 is 0. The zero-order chi connectivity index (χ0) is 9.26. The summed E-state index contributed by atoms with van der Waals surface area (Å²) in [6.45, 7) is 1.98. The molecule has 0 aliphatic carbocycles. The lowest BCUT2D eigenvalue weighted by atomic mass is 10.2. The van der Waals surface area contributed by atoms with E-state index in [0.717, 1.165) is 11.3 Å². The van der Waals surface area contributed by atoms with Gasteiger partial charge in [-0.15, -0.1) is 0 Å². The van der Waals surface area contributed by atoms with Gasteiger partial charge in [0.1, 0.15) is 5.75 Å². The van der Waals surface area contributed by atoms with Crippen LogP contribution in [0.25, 0.3) is 0 Å². The van der Waals surface area contributed by atoms with E-state index in [4.69, 9.17) is 4.74 Å². The fourth-order valence-corrected chi connectivity index (χ4v) is 1.24. The number of benzene rings is 1. The summed E-state index contributed by atoms with van der Waals surface area (Å²) in [5, 5.41) is 2.66. The predicted molar refractivity (Wildman–Crippen MR) is 48.4 cm³/mol. The molecular weight excluding hydrogens is 166 g/mol. The summed E-state index contributed by atoms with van der Waals surface area (Å²) < 4.78 is 5.52. The highest BCUT2D eigenvalue weighted by Gasteiger charge is 2.26. The maximum Gasteiger partial charge on any atom is 0.228 e. The third-order valence-corrected chi connectivity index (χ3v) is 2.06. The minimum absolute atomic E-state index is 0.0542. The van der Waals surface area contributed by atoms with Crippen molar-refractivity contribution in [1.82, 2.24) is 5.32 Å². The first kappa shape index (κ1) is 8.10. The summed E-state index contributed by atoms with van der Waals surface area (Å²) in [6.07, 6.45) is 0.336. The lowest BCUT2D eigenvalue weighted by molar-refractivity contribution is -0.134. The van der Waals surface area contributed by atoms with Crippen molar-refractivity contribution in [2.24, 2.45) is 0 Å². The quantitative estimate of drug-likeness (QED) is 0.690. The van der Waals surface area contributed by atoms with Crippen molar-refractivity contribution in [2.45, 2.75) is 19.6 Å². The number of hydrogen-bond donors (Lipinski definition) is 1. The molecule has 0 saturated carbocycles. The molecule has 0 radical (unpaired) electrons. The molecule has 3 heteroatoms. The van der Waals surface area contributed by atoms with Gasteiger partial charge in [-0.05, 0) is 18.6 Å². The van der Waals surface area contributed by atoms with Crippen molar-refractivity contribution in [2.75, 3.05) is 0 Å². The molecule has 1 unspecified atom stereocenters. The first-order chi connectivity index (χ1) is 6.25. The molecule has 1 N–H and O–H groups in total. The van der Waals surface area contributed by atoms with E-state index in [2.05, 4.69) is 5.32 Å². The molecule has 1 aliphatic heterocycles. The molecule has 1 saturated heterocycles. The molecule has 0 bridgehead atoms. The Morgan fingerprint density at radius 3 is 2.77 bits per heavy atom. The molecule has 0 spiro atoms. The van der Waals surface area contributed by atoms with E-state index in [0.29, 0.717) is 6.42 Å². The second-order valence-corrected chi connectivity index (χ2v) is 3.14. The minimum Gasteiger partial charge on any atom is -0.470 e. The van der Waals surface area contributed by atoms with Crippen LogP contribution in [0.3, 0.4) is 0 Å². The van der Waals surface area contributed by atoms with Gasteiger partial charge in [0.05, 0.1) is 6.42 Å². The second-order valence-electron chi connectivity index (χ2n) is 3.14. The van der Waals surface area contributed by atoms with Crippen LogP contribution in [-0.2, 0) is 4.79 Å². The number of hydrogen-bond acceptors (Lipinski definition) is 2. The number of rotatable bonds is 2. The standard InChI is InChI=1S/C10H11NO2/c1-7-4-2-3-5-8(7)13-10-6-9(12)11-10/h2-5,10H,6H2,1H3,(H,11,12). The van der Waals surface area contributed by atoms with Gasteiger partial charge in [-0.25, -0.2) is 0 Å². The summed E-state index contributed by atoms with van der Waals surface area (Å²) in [4.78, 5) is 10.6. The van der Waals surface area contributed by atoms with E-state index in [9.17, 15) is 4.79 Å². The highest BCUT2D eigenvalue weighted by molar-refractivity contribution is 5.82. The third-order valence-electron chi connectivity index (χ3n) is 2.06. The molecule has 13 heavy (non-hydrogen) atoms. The van der Waals surface area contributed by atoms with E-state index in [1.807, 2.05) is 31.2 Å². The largest absolute Gasteiger partial charge is 0.470 e. The zero-order valence-corrected chi connectivity index (χ0v) is 7.41. The number of carbonyl (C=O) groups is 1. The Morgan fingerprint density at radius 2 is 2.15 bits per heavy atom. The minimum atomic E-state index is -0.131. The smallest absolute Gasteiger partial charge is 0.228 e. The van der Waals surface area contributed by atoms with Gasteiger partial charge in [0.25, 0.3) is 0 Å². The molecule has 0 aromatic heterocycles. The number of β-lactam (4-membered cyclic amide) rings is 1. The molecule has 1 aromatic rings. The Labute approximate surface area is 76.7 Å². The van der Waals surface area contributed by atoms with Crippen LogP contribution in [0.15, 0.2) is 24.3 Å². The fraction of sp³-hybridized carbons (Fsp3) is 0.300. The Hall–Kier alpha value is -1.51. The van der Waals surface area contributed by atoms with Crippen LogP contribution in [0.1, 0.15) is 12.0 Å². The highest BCUT2D eigenvalue weighted by Crippen LogP contribution is 2.19. The Bertz CT molecular complexity index is 327. The second kappa shape index (κ2) is 3.09. The van der Waals surface area contributed by atoms with E-state index >= 15 is 0 Å². The van der Waals surface area contributed by atoms with Crippen LogP contribution in [0.4, 0.5) is 0 Å². The van der Waals surface area contributed by atoms with Crippen molar-refractivity contribution in [1.29, 1.82) is 0 Å². The summed E-state index contributed by atoms with van der Waals surface area (Å²) in [7, 11) is 0. The van der Waals surface area contributed by atoms with Crippen molar-refractivity contribution in [3.05, 3.63) is 29.8 Å². The third kappa shape index (κ3) is 1.64. The Balaban J connectivity index is 2.02. The number of aryl methyl sites for hydroxylation is 1. The zero-order valence-electron chi connectivity index (χ0n) is 7.41. The number of ether oxygens (including phenoxy) is 1. The number of amides is 1. The summed E-state index contributed by atoms with van der Waals surface area (Å²) in [5.74, 6) is 0.895. The van der Waals surface area contributed by atoms with E-state index in [1.165, 1.54) is 0 Å². The number of carbonyl (C=O) groups excluding carboxylic acids is 1. The molecular formula is C10H11NO2. The molecule has 1 atom stereocenters. The molecule has 3 nitrogen and oxygen atoms in total. The highest BCUT2D eigenvalue weighted by atomic mass is 16.5. The average molecular weight is 177 g/mol. The van der Waals surface area contributed by atoms with E-state index in [1.54, 1.807) is 0 Å². The molecule has 1 amide bonds. The predicted octanol–water partition coefficient (Wildman–Crippen LogP) is 1.22. The van der Waals surface area contributed by atoms with Crippen molar-refractivity contribution >= 4 is 5.91 Å². The fourth-order valence-electron chi connectivity index (χ4n) is 1.24. The normalized spacial score (nSPS) is 20.4. The summed E-state index contributed by atoms with van der Waals surface area (Å²) in [5.41, 5.74) is 1.09. The molecule has 1 fully saturated rings. The van der Waals surface area contributed by atoms with Gasteiger partial charge in [-0.1, -0.05) is 18.2 Å². The van der Waals surface area contributed by atoms with E-state index in [-0.39, 0.29) is 12.1 Å². The molecule has 1 heterocycles. The van der Waals surface area contributed by atoms with Crippen molar-refractivity contribution in [3.63, 3.8) is 0 Å². The van der Waals surface area contributed by atoms with Gasteiger partial charge in [0.15, 0.2) is 6.23 Å². The first-order valence-corrected chi connectivity index (χ1v) is 4.27. The van der Waals surface area contributed by atoms with Crippen LogP contribution >= 0.6 is 0 Å². The topological polar surface area (TPSA) is 38.3 Å². The van der Waals surface area contributed by atoms with Gasteiger partial charge in [0.2, 0.25) is 5.91 Å². The molecule has 2 rings (SSSR count). The van der Waals surface area contributed by atoms with Crippen LogP contribution in [0, 0.1) is 6.92 Å². The Kier molecular flexibility index (Phi) is 1.93. The van der Waals surface area contributed by atoms with Gasteiger partial charge in [0, 0.05) is 0 Å². The Morgan fingerprint density at radius 1 is 1.46 bits per heavy atom. The van der Waals surface area contributed by atoms with Crippen LogP contribution in [0.2, 0.25) is 0 Å². The van der Waals surface area contributed by atoms with Gasteiger partial charge < -0.3 is 10.1 Å². The molecule has 1 aliphatic rings. The lowest BCUT2D eigenvalue weighted by Gasteiger charge is -2.27. The first-order valence-electron chi connectivity index (χ1n) is 4.27. The molecule has 1 aromatic carbocycles. The maximum atomic E-state index is 10.6. The van der Waals surface area contributed by atoms with Gasteiger partial charge in [-0.2, -0.15) is 0 Å². The van der Waals surface area contributed by atoms with Crippen molar-refractivity contribution < 1.29 is 9.53 Å². The summed E-state index contributed by atoms with van der Waals surface area (Å²) in [6, 6.07) is 7.76. The van der Waals surface area contributed by atoms with Gasteiger partial charge in [-0.3, -0.25) is 4.79 Å². The monoisotopic (exact) mass is 177 g/mol. The van der Waals surface area contributed by atoms with Crippen LogP contribution < -0.4 is 10.1 Å². The van der Waals surface area contributed by atoms with Gasteiger partial charge >= 0.3 is 0 Å². The number of nitrogens with one attached hydrogen (secondary N) is 1. The SMILES string of the molecule is Cc1ccccc1OC1CC(=O)N1.